The number of aliphatic hydroxyl groups is 1. The van der Waals surface area contributed by atoms with E-state index in [0.717, 1.165) is 45.4 Å². The number of nitrogens with zero attached hydrogens (tertiary/aromatic N) is 2. The Labute approximate surface area is 134 Å². The van der Waals surface area contributed by atoms with Crippen LogP contribution in [0.15, 0.2) is 0 Å². The first kappa shape index (κ1) is 17.7. The Morgan fingerprint density at radius 2 is 1.91 bits per heavy atom. The normalized spacial score (nSPS) is 29.1. The molecular weight excluding hydrogens is 280 g/mol. The van der Waals surface area contributed by atoms with Gasteiger partial charge in [-0.2, -0.15) is 0 Å². The molecule has 1 spiro atoms. The molecule has 22 heavy (non-hydrogen) atoms. The van der Waals surface area contributed by atoms with Gasteiger partial charge >= 0.3 is 0 Å². The number of likely N-dealkylation sites (tertiary alicyclic amines) is 1. The molecular formula is C17H32N2O3. The van der Waals surface area contributed by atoms with Crippen molar-refractivity contribution < 1.29 is 14.6 Å². The number of hydrogen-bond donors (Lipinski definition) is 1. The lowest BCUT2D eigenvalue weighted by Gasteiger charge is -2.57. The molecule has 0 bridgehead atoms. The van der Waals surface area contributed by atoms with Crippen LogP contribution < -0.4 is 0 Å². The molecule has 0 aromatic carbocycles. The van der Waals surface area contributed by atoms with Gasteiger partial charge in [-0.25, -0.2) is 0 Å². The van der Waals surface area contributed by atoms with Crippen LogP contribution in [0.2, 0.25) is 0 Å². The second-order valence-electron chi connectivity index (χ2n) is 6.65. The van der Waals surface area contributed by atoms with Gasteiger partial charge < -0.3 is 14.7 Å². The summed E-state index contributed by atoms with van der Waals surface area (Å²) in [6.45, 7) is 12.1. The summed E-state index contributed by atoms with van der Waals surface area (Å²) in [6.07, 6.45) is 2.58. The number of hydrogen-bond acceptors (Lipinski definition) is 4. The first-order valence-electron chi connectivity index (χ1n) is 8.82. The summed E-state index contributed by atoms with van der Waals surface area (Å²) in [7, 11) is 0. The van der Waals surface area contributed by atoms with Gasteiger partial charge in [0.05, 0.1) is 18.2 Å². The Morgan fingerprint density at radius 1 is 1.32 bits per heavy atom. The summed E-state index contributed by atoms with van der Waals surface area (Å²) in [5.41, 5.74) is -0.0650. The summed E-state index contributed by atoms with van der Waals surface area (Å²) in [6, 6.07) is -0.0694. The number of carbonyl (C=O) groups excluding carboxylic acids is 1. The minimum Gasteiger partial charge on any atom is -0.392 e. The maximum atomic E-state index is 12.5. The molecule has 2 aliphatic rings. The molecule has 1 amide bonds. The van der Waals surface area contributed by atoms with Gasteiger partial charge in [-0.3, -0.25) is 9.69 Å². The summed E-state index contributed by atoms with van der Waals surface area (Å²) in [5, 5.41) is 10.2. The average molecular weight is 312 g/mol. The smallest absolute Gasteiger partial charge is 0.239 e. The van der Waals surface area contributed by atoms with Gasteiger partial charge in [-0.05, 0) is 53.6 Å². The second kappa shape index (κ2) is 7.28. The van der Waals surface area contributed by atoms with E-state index >= 15 is 0 Å². The minimum absolute atomic E-state index is 0.0650. The fraction of sp³-hybridized carbons (Fsp3) is 0.941. The van der Waals surface area contributed by atoms with Crippen molar-refractivity contribution >= 4 is 5.91 Å². The number of rotatable bonds is 6. The molecule has 0 aromatic heterocycles. The summed E-state index contributed by atoms with van der Waals surface area (Å²) in [4.78, 5) is 16.7. The fourth-order valence-electron chi connectivity index (χ4n) is 4.10. The first-order chi connectivity index (χ1) is 10.5. The molecule has 0 radical (unpaired) electrons. The lowest BCUT2D eigenvalue weighted by atomic mass is 9.58. The molecule has 0 aromatic rings. The van der Waals surface area contributed by atoms with Crippen molar-refractivity contribution in [3.8, 4) is 0 Å². The molecule has 3 unspecified atom stereocenters. The molecule has 2 rings (SSSR count). The Kier molecular flexibility index (Phi) is 5.86. The molecule has 1 N–H and O–H groups in total. The number of piperidine rings is 1. The number of ether oxygens (including phenoxy) is 1. The van der Waals surface area contributed by atoms with Crippen LogP contribution in [0.1, 0.15) is 47.0 Å². The average Bonchev–Trinajstić information content (AvgIpc) is 2.55. The van der Waals surface area contributed by atoms with Crippen LogP contribution in [0.25, 0.3) is 0 Å². The van der Waals surface area contributed by atoms with Gasteiger partial charge in [-0.15, -0.1) is 0 Å². The maximum absolute atomic E-state index is 12.5. The van der Waals surface area contributed by atoms with Gasteiger partial charge in [0.2, 0.25) is 5.91 Å². The third-order valence-corrected chi connectivity index (χ3v) is 5.82. The number of likely N-dealkylation sites (N-methyl/N-ethyl adjacent to an activating group) is 1. The van der Waals surface area contributed by atoms with E-state index in [1.54, 1.807) is 0 Å². The van der Waals surface area contributed by atoms with Crippen molar-refractivity contribution in [2.24, 2.45) is 5.41 Å². The first-order valence-corrected chi connectivity index (χ1v) is 8.82. The van der Waals surface area contributed by atoms with Crippen molar-refractivity contribution in [1.29, 1.82) is 0 Å². The van der Waals surface area contributed by atoms with Gasteiger partial charge in [0.15, 0.2) is 0 Å². The zero-order chi connectivity index (χ0) is 16.3. The highest BCUT2D eigenvalue weighted by Crippen LogP contribution is 2.51. The molecule has 1 heterocycles. The summed E-state index contributed by atoms with van der Waals surface area (Å²) >= 11 is 0. The highest BCUT2D eigenvalue weighted by molar-refractivity contribution is 5.81. The topological polar surface area (TPSA) is 53.0 Å². The molecule has 1 saturated heterocycles. The Morgan fingerprint density at radius 3 is 2.36 bits per heavy atom. The molecule has 1 aliphatic carbocycles. The standard InChI is InChI=1S/C17H32N2O3/c1-5-18(6-2)16(21)13(4)19-10-8-17(9-11-19)14(20)12-15(17)22-7-3/h13-15,20H,5-12H2,1-4H3. The quantitative estimate of drug-likeness (QED) is 0.807. The highest BCUT2D eigenvalue weighted by atomic mass is 16.5. The van der Waals surface area contributed by atoms with E-state index in [9.17, 15) is 9.90 Å². The molecule has 3 atom stereocenters. The van der Waals surface area contributed by atoms with Crippen LogP contribution in [-0.2, 0) is 9.53 Å². The van der Waals surface area contributed by atoms with Crippen LogP contribution in [0.5, 0.6) is 0 Å². The predicted octanol–water partition coefficient (Wildman–Crippen LogP) is 1.50. The van der Waals surface area contributed by atoms with Gasteiger partial charge in [0, 0.05) is 31.5 Å². The monoisotopic (exact) mass is 312 g/mol. The summed E-state index contributed by atoms with van der Waals surface area (Å²) < 4.78 is 5.80. The lowest BCUT2D eigenvalue weighted by Crippen LogP contribution is -2.63. The highest BCUT2D eigenvalue weighted by Gasteiger charge is 2.56. The van der Waals surface area contributed by atoms with Crippen molar-refractivity contribution in [2.45, 2.75) is 65.2 Å². The largest absolute Gasteiger partial charge is 0.392 e. The van der Waals surface area contributed by atoms with Crippen molar-refractivity contribution in [3.05, 3.63) is 0 Å². The van der Waals surface area contributed by atoms with Gasteiger partial charge in [-0.1, -0.05) is 0 Å². The molecule has 5 nitrogen and oxygen atoms in total. The van der Waals surface area contributed by atoms with E-state index in [0.29, 0.717) is 6.61 Å². The number of carbonyl (C=O) groups is 1. The van der Waals surface area contributed by atoms with Crippen molar-refractivity contribution in [3.63, 3.8) is 0 Å². The molecule has 5 heteroatoms. The van der Waals surface area contributed by atoms with Crippen molar-refractivity contribution in [2.75, 3.05) is 32.8 Å². The molecule has 2 fully saturated rings. The van der Waals surface area contributed by atoms with Crippen LogP contribution in [0.4, 0.5) is 0 Å². The van der Waals surface area contributed by atoms with Crippen molar-refractivity contribution in [1.82, 2.24) is 9.80 Å². The van der Waals surface area contributed by atoms with E-state index in [-0.39, 0.29) is 29.6 Å². The molecule has 1 saturated carbocycles. The number of aliphatic hydroxyl groups excluding tert-OH is 1. The zero-order valence-corrected chi connectivity index (χ0v) is 14.5. The van der Waals surface area contributed by atoms with E-state index < -0.39 is 0 Å². The third kappa shape index (κ3) is 3.03. The Balaban J connectivity index is 1.93. The Hall–Kier alpha value is -0.650. The van der Waals surface area contributed by atoms with E-state index in [1.807, 2.05) is 32.6 Å². The minimum atomic E-state index is -0.236. The maximum Gasteiger partial charge on any atom is 0.239 e. The lowest BCUT2D eigenvalue weighted by molar-refractivity contribution is -0.211. The predicted molar refractivity (Wildman–Crippen MR) is 86.7 cm³/mol. The summed E-state index contributed by atoms with van der Waals surface area (Å²) in [5.74, 6) is 0.219. The SMILES string of the molecule is CCOC1CC(O)C12CCN(C(C)C(=O)N(CC)CC)CC2. The third-order valence-electron chi connectivity index (χ3n) is 5.82. The van der Waals surface area contributed by atoms with Crippen LogP contribution in [0, 0.1) is 5.41 Å². The zero-order valence-electron chi connectivity index (χ0n) is 14.5. The van der Waals surface area contributed by atoms with Crippen LogP contribution >= 0.6 is 0 Å². The van der Waals surface area contributed by atoms with Gasteiger partial charge in [0.1, 0.15) is 0 Å². The van der Waals surface area contributed by atoms with E-state index in [4.69, 9.17) is 4.74 Å². The molecule has 128 valence electrons. The van der Waals surface area contributed by atoms with E-state index in [1.165, 1.54) is 0 Å². The van der Waals surface area contributed by atoms with Crippen LogP contribution in [-0.4, -0.2) is 71.8 Å². The number of amides is 1. The Bertz CT molecular complexity index is 374. The molecule has 1 aliphatic heterocycles. The second-order valence-corrected chi connectivity index (χ2v) is 6.65. The fourth-order valence-corrected chi connectivity index (χ4v) is 4.10. The van der Waals surface area contributed by atoms with Crippen LogP contribution in [0.3, 0.4) is 0 Å². The van der Waals surface area contributed by atoms with Gasteiger partial charge in [0.25, 0.3) is 0 Å². The van der Waals surface area contributed by atoms with E-state index in [2.05, 4.69) is 4.90 Å².